The van der Waals surface area contributed by atoms with Gasteiger partial charge in [0, 0.05) is 68.4 Å². The Bertz CT molecular complexity index is 1650. The van der Waals surface area contributed by atoms with Gasteiger partial charge < -0.3 is 10.0 Å². The Morgan fingerprint density at radius 2 is 1.73 bits per heavy atom. The van der Waals surface area contributed by atoms with E-state index in [9.17, 15) is 27.9 Å². The molecule has 1 aromatic carbocycles. The molecule has 4 aliphatic carbocycles. The van der Waals surface area contributed by atoms with Crippen LogP contribution in [0.15, 0.2) is 71.6 Å². The van der Waals surface area contributed by atoms with Crippen LogP contribution >= 0.6 is 0 Å². The molecule has 2 saturated carbocycles. The average Bonchev–Trinajstić information content (AvgIpc) is 3.35. The van der Waals surface area contributed by atoms with Crippen LogP contribution in [0, 0.1) is 17.3 Å². The maximum Gasteiger partial charge on any atom is 0.456 e. The molecule has 11 heteroatoms. The zero-order valence-electron chi connectivity index (χ0n) is 26.9. The first kappa shape index (κ1) is 33.1. The Balaban J connectivity index is 1.18. The maximum absolute atomic E-state index is 15.3. The first-order valence-corrected chi connectivity index (χ1v) is 16.9. The predicted octanol–water partition coefficient (Wildman–Crippen LogP) is 6.87. The largest absolute Gasteiger partial charge is 0.456 e. The minimum Gasteiger partial charge on any atom is -0.383 e. The third-order valence-corrected chi connectivity index (χ3v) is 12.1. The molecule has 5 atom stereocenters. The summed E-state index contributed by atoms with van der Waals surface area (Å²) in [4.78, 5) is 34.1. The van der Waals surface area contributed by atoms with E-state index in [1.807, 2.05) is 18.3 Å². The van der Waals surface area contributed by atoms with Crippen molar-refractivity contribution in [3.05, 3.63) is 88.3 Å². The average molecular weight is 670 g/mol. The molecule has 0 unspecified atom stereocenters. The Morgan fingerprint density at radius 3 is 2.40 bits per heavy atom. The number of allylic oxidation sites excluding steroid dienone is 4. The van der Waals surface area contributed by atoms with Crippen LogP contribution in [0.2, 0.25) is 0 Å². The van der Waals surface area contributed by atoms with Crippen molar-refractivity contribution in [3.63, 3.8) is 0 Å². The lowest BCUT2D eigenvalue weighted by Crippen LogP contribution is -2.65. The number of rotatable bonds is 5. The van der Waals surface area contributed by atoms with Gasteiger partial charge >= 0.3 is 12.1 Å². The summed E-state index contributed by atoms with van der Waals surface area (Å²) in [7, 11) is 0. The summed E-state index contributed by atoms with van der Waals surface area (Å²) in [6.07, 6.45) is 0.545. The molecule has 2 heterocycles. The molecule has 5 aliphatic rings. The normalized spacial score (nSPS) is 31.2. The topological polar surface area (TPSA) is 73.7 Å². The highest BCUT2D eigenvalue weighted by Gasteiger charge is 2.79. The number of aliphatic hydroxyl groups is 1. The number of aromatic nitrogens is 1. The van der Waals surface area contributed by atoms with E-state index in [4.69, 9.17) is 0 Å². The van der Waals surface area contributed by atoms with Gasteiger partial charge in [0.2, 0.25) is 0 Å². The first-order valence-electron chi connectivity index (χ1n) is 16.9. The van der Waals surface area contributed by atoms with Gasteiger partial charge in [-0.25, -0.2) is 0 Å². The molecule has 3 fully saturated rings. The summed E-state index contributed by atoms with van der Waals surface area (Å²) in [5, 5.41) is 11.5. The molecule has 1 aromatic heterocycles. The van der Waals surface area contributed by atoms with E-state index in [1.165, 1.54) is 6.92 Å². The smallest absolute Gasteiger partial charge is 0.383 e. The number of nitrogens with zero attached hydrogens (tertiary/aromatic N) is 3. The number of benzene rings is 1. The van der Waals surface area contributed by atoms with Crippen LogP contribution in [0.3, 0.4) is 0 Å². The van der Waals surface area contributed by atoms with Crippen LogP contribution in [0.25, 0.3) is 0 Å². The number of fused-ring (bicyclic) bond motifs is 4. The summed E-state index contributed by atoms with van der Waals surface area (Å²) in [6, 6.07) is 10.9. The second-order valence-corrected chi connectivity index (χ2v) is 14.5. The van der Waals surface area contributed by atoms with Crippen molar-refractivity contribution in [2.24, 2.45) is 17.3 Å². The lowest BCUT2D eigenvalue weighted by molar-refractivity contribution is -0.362. The molecule has 0 radical (unpaired) electrons. The molecule has 1 aliphatic heterocycles. The van der Waals surface area contributed by atoms with Gasteiger partial charge in [0.1, 0.15) is 5.60 Å². The number of hydrogen-bond donors (Lipinski definition) is 1. The predicted molar refractivity (Wildman–Crippen MR) is 168 cm³/mol. The molecule has 1 N–H and O–H groups in total. The Morgan fingerprint density at radius 1 is 1.00 bits per heavy atom. The van der Waals surface area contributed by atoms with Crippen molar-refractivity contribution < 1.29 is 36.6 Å². The lowest BCUT2D eigenvalue weighted by Gasteiger charge is -2.56. The van der Waals surface area contributed by atoms with Gasteiger partial charge in [-0.15, -0.1) is 0 Å². The summed E-state index contributed by atoms with van der Waals surface area (Å²) >= 11 is 0. The SMILES string of the molecule is C[C@]12C[C@H](c3ccc(C(=O)N4CCN(Cc5cccnc5)CC4)cc3)C3=C4CCC(=O)C=C4CC[C@H]3[C@@H]1CC[C@]2(O)C(F)(F)C(F)(F)F. The second-order valence-electron chi connectivity index (χ2n) is 14.5. The fourth-order valence-corrected chi connectivity index (χ4v) is 9.61. The van der Waals surface area contributed by atoms with Crippen molar-refractivity contribution in [2.75, 3.05) is 26.2 Å². The van der Waals surface area contributed by atoms with Gasteiger partial charge in [-0.3, -0.25) is 19.5 Å². The van der Waals surface area contributed by atoms with Crippen LogP contribution in [0.5, 0.6) is 0 Å². The second kappa shape index (κ2) is 11.9. The lowest BCUT2D eigenvalue weighted by atomic mass is 9.50. The van der Waals surface area contributed by atoms with Gasteiger partial charge in [0.15, 0.2) is 5.78 Å². The van der Waals surface area contributed by atoms with E-state index in [2.05, 4.69) is 9.88 Å². The van der Waals surface area contributed by atoms with Crippen molar-refractivity contribution in [1.82, 2.24) is 14.8 Å². The van der Waals surface area contributed by atoms with Crippen LogP contribution in [-0.4, -0.2) is 75.5 Å². The monoisotopic (exact) mass is 669 g/mol. The van der Waals surface area contributed by atoms with E-state index < -0.39 is 41.4 Å². The quantitative estimate of drug-likeness (QED) is 0.352. The Kier molecular flexibility index (Phi) is 8.17. The van der Waals surface area contributed by atoms with Crippen LogP contribution in [0.1, 0.15) is 79.3 Å². The number of carbonyl (C=O) groups is 2. The zero-order chi connectivity index (χ0) is 34.1. The van der Waals surface area contributed by atoms with Crippen LogP contribution < -0.4 is 0 Å². The molecule has 2 aromatic rings. The van der Waals surface area contributed by atoms with Crippen LogP contribution in [-0.2, 0) is 11.3 Å². The van der Waals surface area contributed by atoms with Crippen molar-refractivity contribution in [1.29, 1.82) is 0 Å². The number of alkyl halides is 5. The number of carbonyl (C=O) groups excluding carboxylic acids is 2. The third kappa shape index (κ3) is 5.23. The molecule has 48 heavy (non-hydrogen) atoms. The fourth-order valence-electron chi connectivity index (χ4n) is 9.61. The first-order chi connectivity index (χ1) is 22.7. The summed E-state index contributed by atoms with van der Waals surface area (Å²) in [5.41, 5.74) is 0.254. The van der Waals surface area contributed by atoms with Crippen molar-refractivity contribution in [3.8, 4) is 0 Å². The third-order valence-electron chi connectivity index (χ3n) is 12.1. The highest BCUT2D eigenvalue weighted by atomic mass is 19.4. The summed E-state index contributed by atoms with van der Waals surface area (Å²) in [5.74, 6) is -6.78. The number of piperazine rings is 1. The van der Waals surface area contributed by atoms with Crippen molar-refractivity contribution in [2.45, 2.75) is 82.0 Å². The number of amides is 1. The van der Waals surface area contributed by atoms with E-state index in [-0.39, 0.29) is 30.4 Å². The molecule has 256 valence electrons. The highest BCUT2D eigenvalue weighted by molar-refractivity contribution is 5.94. The fraction of sp³-hybridized carbons (Fsp3) is 0.541. The van der Waals surface area contributed by atoms with Gasteiger partial charge in [0.05, 0.1) is 0 Å². The minimum atomic E-state index is -5.90. The zero-order valence-corrected chi connectivity index (χ0v) is 26.9. The molecule has 0 spiro atoms. The van der Waals surface area contributed by atoms with E-state index in [0.717, 1.165) is 28.8 Å². The number of ketones is 1. The molecule has 0 bridgehead atoms. The van der Waals surface area contributed by atoms with Gasteiger partial charge in [-0.1, -0.05) is 30.7 Å². The van der Waals surface area contributed by atoms with Gasteiger partial charge in [-0.2, -0.15) is 22.0 Å². The standard InChI is InChI=1S/C37H40F5N3O3/c1-34-20-30(24-4-6-25(7-5-24)33(47)45-17-15-44(16-18-45)22-23-3-2-14-43-21-23)32-28-11-9-27(46)19-26(28)8-10-29(32)31(34)12-13-35(34,48)36(38,39)37(40,41)42/h2-7,14,19,21,29-31,48H,8-13,15-18,20,22H2,1H3/t29-,30+,31-,34-,35+/m0/s1. The summed E-state index contributed by atoms with van der Waals surface area (Å²) in [6.45, 7) is 4.70. The van der Waals surface area contributed by atoms with Crippen LogP contribution in [0.4, 0.5) is 22.0 Å². The molecular weight excluding hydrogens is 629 g/mol. The van der Waals surface area contributed by atoms with Gasteiger partial charge in [0.25, 0.3) is 5.91 Å². The molecule has 1 amide bonds. The molecule has 1 saturated heterocycles. The molecular formula is C37H40F5N3O3. The molecule has 6 nitrogen and oxygen atoms in total. The van der Waals surface area contributed by atoms with E-state index in [1.54, 1.807) is 41.4 Å². The number of hydrogen-bond acceptors (Lipinski definition) is 5. The number of halogens is 5. The van der Waals surface area contributed by atoms with E-state index >= 15 is 8.78 Å². The maximum atomic E-state index is 15.3. The summed E-state index contributed by atoms with van der Waals surface area (Å²) < 4.78 is 72.1. The minimum absolute atomic E-state index is 0.0332. The Hall–Kier alpha value is -3.44. The van der Waals surface area contributed by atoms with E-state index in [0.29, 0.717) is 63.0 Å². The van der Waals surface area contributed by atoms with Crippen molar-refractivity contribution >= 4 is 11.7 Å². The highest BCUT2D eigenvalue weighted by Crippen LogP contribution is 2.70. The Labute approximate surface area is 276 Å². The van der Waals surface area contributed by atoms with Gasteiger partial charge in [-0.05, 0) is 96.9 Å². The number of pyridine rings is 1. The molecule has 7 rings (SSSR count).